The molecule has 0 bridgehead atoms. The van der Waals surface area contributed by atoms with Gasteiger partial charge in [-0.25, -0.2) is 4.68 Å². The molecular weight excluding hydrogens is 362 g/mol. The number of nitrogens with zero attached hydrogens (tertiary/aromatic N) is 4. The molecule has 4 rings (SSSR count). The van der Waals surface area contributed by atoms with Crippen LogP contribution in [-0.2, 0) is 0 Å². The van der Waals surface area contributed by atoms with Gasteiger partial charge >= 0.3 is 0 Å². The van der Waals surface area contributed by atoms with Crippen molar-refractivity contribution in [2.45, 2.75) is 25.8 Å². The second-order valence-electron chi connectivity index (χ2n) is 7.74. The summed E-state index contributed by atoms with van der Waals surface area (Å²) in [7, 11) is 0. The fourth-order valence-corrected chi connectivity index (χ4v) is 3.83. The molecule has 3 aromatic rings. The Hall–Kier alpha value is -2.99. The van der Waals surface area contributed by atoms with Gasteiger partial charge in [0.25, 0.3) is 5.91 Å². The molecule has 0 aliphatic carbocycles. The molecule has 1 aromatic heterocycles. The highest BCUT2D eigenvalue weighted by Crippen LogP contribution is 2.26. The van der Waals surface area contributed by atoms with Crippen LogP contribution in [0.1, 0.15) is 41.9 Å². The van der Waals surface area contributed by atoms with E-state index in [1.54, 1.807) is 10.9 Å². The van der Waals surface area contributed by atoms with Gasteiger partial charge in [0.05, 0.1) is 17.9 Å². The summed E-state index contributed by atoms with van der Waals surface area (Å²) in [5.41, 5.74) is 2.44. The average Bonchev–Trinajstić information content (AvgIpc) is 3.27. The largest absolute Gasteiger partial charge is 0.349 e. The van der Waals surface area contributed by atoms with Crippen LogP contribution in [0.25, 0.3) is 5.69 Å². The van der Waals surface area contributed by atoms with E-state index in [2.05, 4.69) is 51.7 Å². The summed E-state index contributed by atoms with van der Waals surface area (Å²) in [6.45, 7) is 4.98. The average molecular weight is 390 g/mol. The third kappa shape index (κ3) is 4.71. The van der Waals surface area contributed by atoms with Crippen molar-refractivity contribution < 1.29 is 4.79 Å². The van der Waals surface area contributed by atoms with E-state index in [1.807, 2.05) is 36.4 Å². The molecule has 0 saturated carbocycles. The molecule has 0 spiro atoms. The molecule has 29 heavy (non-hydrogen) atoms. The van der Waals surface area contributed by atoms with Gasteiger partial charge in [-0.15, -0.1) is 5.10 Å². The summed E-state index contributed by atoms with van der Waals surface area (Å²) < 4.78 is 1.62. The number of rotatable bonds is 6. The van der Waals surface area contributed by atoms with Gasteiger partial charge < -0.3 is 5.32 Å². The lowest BCUT2D eigenvalue weighted by Gasteiger charge is -2.37. The minimum absolute atomic E-state index is 0.164. The van der Waals surface area contributed by atoms with Crippen molar-refractivity contribution in [2.75, 3.05) is 19.6 Å². The highest BCUT2D eigenvalue weighted by molar-refractivity contribution is 5.91. The SMILES string of the molecule is CC1CCN(C(CNC(=O)c2cn(-c3ccccc3)nn2)c2ccccc2)CC1. The van der Waals surface area contributed by atoms with Crippen LogP contribution in [0.5, 0.6) is 0 Å². The lowest BCUT2D eigenvalue weighted by Crippen LogP contribution is -2.42. The van der Waals surface area contributed by atoms with Gasteiger partial charge in [-0.05, 0) is 49.5 Å². The first-order valence-corrected chi connectivity index (χ1v) is 10.3. The third-order valence-electron chi connectivity index (χ3n) is 5.65. The molecule has 6 nitrogen and oxygen atoms in total. The van der Waals surface area contributed by atoms with E-state index in [9.17, 15) is 4.79 Å². The molecule has 1 aliphatic heterocycles. The van der Waals surface area contributed by atoms with E-state index in [1.165, 1.54) is 18.4 Å². The summed E-state index contributed by atoms with van der Waals surface area (Å²) in [6.07, 6.45) is 4.07. The second-order valence-corrected chi connectivity index (χ2v) is 7.74. The van der Waals surface area contributed by atoms with E-state index in [0.29, 0.717) is 12.2 Å². The van der Waals surface area contributed by atoms with E-state index >= 15 is 0 Å². The van der Waals surface area contributed by atoms with Crippen LogP contribution in [0.15, 0.2) is 66.9 Å². The Morgan fingerprint density at radius 2 is 1.72 bits per heavy atom. The number of aromatic nitrogens is 3. The molecule has 1 saturated heterocycles. The minimum Gasteiger partial charge on any atom is -0.349 e. The molecular formula is C23H27N5O. The summed E-state index contributed by atoms with van der Waals surface area (Å²) >= 11 is 0. The van der Waals surface area contributed by atoms with E-state index in [-0.39, 0.29) is 11.9 Å². The maximum absolute atomic E-state index is 12.7. The monoisotopic (exact) mass is 389 g/mol. The summed E-state index contributed by atoms with van der Waals surface area (Å²) in [4.78, 5) is 15.2. The van der Waals surface area contributed by atoms with Gasteiger partial charge in [0, 0.05) is 6.54 Å². The van der Waals surface area contributed by atoms with Crippen LogP contribution in [0, 0.1) is 5.92 Å². The van der Waals surface area contributed by atoms with E-state index < -0.39 is 0 Å². The Morgan fingerprint density at radius 1 is 1.07 bits per heavy atom. The molecule has 1 fully saturated rings. The molecule has 1 amide bonds. The number of amides is 1. The van der Waals surface area contributed by atoms with Crippen LogP contribution in [0.3, 0.4) is 0 Å². The molecule has 1 unspecified atom stereocenters. The van der Waals surface area contributed by atoms with E-state index in [0.717, 1.165) is 24.7 Å². The van der Waals surface area contributed by atoms with Crippen LogP contribution in [0.4, 0.5) is 0 Å². The highest BCUT2D eigenvalue weighted by atomic mass is 16.2. The van der Waals surface area contributed by atoms with Crippen molar-refractivity contribution in [3.63, 3.8) is 0 Å². The summed E-state index contributed by atoms with van der Waals surface area (Å²) in [5.74, 6) is 0.573. The van der Waals surface area contributed by atoms with Crippen molar-refractivity contribution in [1.82, 2.24) is 25.2 Å². The summed E-state index contributed by atoms with van der Waals surface area (Å²) in [5, 5.41) is 11.2. The number of piperidine rings is 1. The van der Waals surface area contributed by atoms with Gasteiger partial charge in [-0.2, -0.15) is 0 Å². The standard InChI is InChI=1S/C23H27N5O/c1-18-12-14-27(15-13-18)22(19-8-4-2-5-9-19)16-24-23(29)21-17-28(26-25-21)20-10-6-3-7-11-20/h2-11,17-18,22H,12-16H2,1H3,(H,24,29). The molecule has 1 atom stereocenters. The Morgan fingerprint density at radius 3 is 2.41 bits per heavy atom. The Kier molecular flexibility index (Phi) is 6.00. The van der Waals surface area contributed by atoms with Crippen molar-refractivity contribution in [1.29, 1.82) is 0 Å². The lowest BCUT2D eigenvalue weighted by atomic mass is 9.95. The summed E-state index contributed by atoms with van der Waals surface area (Å²) in [6, 6.07) is 20.3. The number of para-hydroxylation sites is 1. The number of hydrogen-bond acceptors (Lipinski definition) is 4. The third-order valence-corrected chi connectivity index (χ3v) is 5.65. The second kappa shape index (κ2) is 9.01. The maximum Gasteiger partial charge on any atom is 0.273 e. The minimum atomic E-state index is -0.196. The van der Waals surface area contributed by atoms with Gasteiger partial charge in [-0.1, -0.05) is 60.7 Å². The van der Waals surface area contributed by atoms with Crippen molar-refractivity contribution in [3.05, 3.63) is 78.1 Å². The fourth-order valence-electron chi connectivity index (χ4n) is 3.83. The molecule has 2 aromatic carbocycles. The molecule has 1 aliphatic rings. The number of nitrogens with one attached hydrogen (secondary N) is 1. The van der Waals surface area contributed by atoms with Crippen molar-refractivity contribution >= 4 is 5.91 Å². The predicted octanol–water partition coefficient (Wildman–Crippen LogP) is 3.47. The molecule has 6 heteroatoms. The van der Waals surface area contributed by atoms with Gasteiger partial charge in [0.1, 0.15) is 0 Å². The van der Waals surface area contributed by atoms with Crippen LogP contribution in [0.2, 0.25) is 0 Å². The Balaban J connectivity index is 1.44. The Labute approximate surface area is 171 Å². The van der Waals surface area contributed by atoms with Crippen LogP contribution < -0.4 is 5.32 Å². The van der Waals surface area contributed by atoms with Gasteiger partial charge in [0.2, 0.25) is 0 Å². The number of likely N-dealkylation sites (tertiary alicyclic amines) is 1. The first-order valence-electron chi connectivity index (χ1n) is 10.3. The zero-order chi connectivity index (χ0) is 20.1. The number of benzene rings is 2. The molecule has 0 radical (unpaired) electrons. The van der Waals surface area contributed by atoms with Gasteiger partial charge in [0.15, 0.2) is 5.69 Å². The first-order chi connectivity index (χ1) is 14.2. The maximum atomic E-state index is 12.7. The first kappa shape index (κ1) is 19.3. The quantitative estimate of drug-likeness (QED) is 0.701. The van der Waals surface area contributed by atoms with Crippen LogP contribution >= 0.6 is 0 Å². The molecule has 1 N–H and O–H groups in total. The number of hydrogen-bond donors (Lipinski definition) is 1. The van der Waals surface area contributed by atoms with Crippen LogP contribution in [-0.4, -0.2) is 45.4 Å². The van der Waals surface area contributed by atoms with Crippen molar-refractivity contribution in [3.8, 4) is 5.69 Å². The lowest BCUT2D eigenvalue weighted by molar-refractivity contribution is 0.0908. The molecule has 150 valence electrons. The van der Waals surface area contributed by atoms with Gasteiger partial charge in [-0.3, -0.25) is 9.69 Å². The Bertz CT molecular complexity index is 917. The predicted molar refractivity (Wildman–Crippen MR) is 113 cm³/mol. The topological polar surface area (TPSA) is 63.1 Å². The fraction of sp³-hybridized carbons (Fsp3) is 0.348. The van der Waals surface area contributed by atoms with Crippen molar-refractivity contribution in [2.24, 2.45) is 5.92 Å². The molecule has 2 heterocycles. The highest BCUT2D eigenvalue weighted by Gasteiger charge is 2.25. The smallest absolute Gasteiger partial charge is 0.273 e. The van der Waals surface area contributed by atoms with E-state index in [4.69, 9.17) is 0 Å². The zero-order valence-corrected chi connectivity index (χ0v) is 16.7. The number of carbonyl (C=O) groups excluding carboxylic acids is 1. The normalized spacial score (nSPS) is 16.4. The zero-order valence-electron chi connectivity index (χ0n) is 16.7. The number of carbonyl (C=O) groups is 1.